The summed E-state index contributed by atoms with van der Waals surface area (Å²) in [4.78, 5) is 4.54. The Morgan fingerprint density at radius 2 is 2.06 bits per heavy atom. The topological polar surface area (TPSA) is 24.4 Å². The number of anilines is 1. The molecular formula is C15H20N2S. The fraction of sp³-hybridized carbons (Fsp3) is 0.400. The molecular weight excluding hydrogens is 240 g/mol. The van der Waals surface area contributed by atoms with E-state index in [-0.39, 0.29) is 0 Å². The number of nitrogens with one attached hydrogen (secondary N) is 1. The highest BCUT2D eigenvalue weighted by molar-refractivity contribution is 8.13. The van der Waals surface area contributed by atoms with Crippen molar-refractivity contribution >= 4 is 22.6 Å². The van der Waals surface area contributed by atoms with Crippen molar-refractivity contribution in [2.24, 2.45) is 4.99 Å². The van der Waals surface area contributed by atoms with Crippen LogP contribution in [-0.4, -0.2) is 17.0 Å². The summed E-state index contributed by atoms with van der Waals surface area (Å²) < 4.78 is 0. The Balaban J connectivity index is 2.97. The van der Waals surface area contributed by atoms with Gasteiger partial charge in [0.05, 0.1) is 0 Å². The van der Waals surface area contributed by atoms with E-state index in [2.05, 4.69) is 48.3 Å². The molecule has 1 aromatic carbocycles. The maximum atomic E-state index is 5.46. The monoisotopic (exact) mass is 260 g/mol. The van der Waals surface area contributed by atoms with Gasteiger partial charge in [-0.05, 0) is 45.6 Å². The van der Waals surface area contributed by atoms with E-state index < -0.39 is 5.54 Å². The van der Waals surface area contributed by atoms with E-state index in [4.69, 9.17) is 6.42 Å². The van der Waals surface area contributed by atoms with Crippen LogP contribution in [0, 0.1) is 26.2 Å². The number of hydrogen-bond acceptors (Lipinski definition) is 2. The van der Waals surface area contributed by atoms with E-state index in [9.17, 15) is 0 Å². The second-order valence-corrected chi connectivity index (χ2v) is 5.56. The van der Waals surface area contributed by atoms with Crippen LogP contribution in [0.3, 0.4) is 0 Å². The molecule has 3 heteroatoms. The van der Waals surface area contributed by atoms with Gasteiger partial charge in [0.2, 0.25) is 0 Å². The van der Waals surface area contributed by atoms with Gasteiger partial charge in [-0.15, -0.1) is 6.42 Å². The molecule has 2 nitrogen and oxygen atoms in total. The van der Waals surface area contributed by atoms with Gasteiger partial charge in [0.1, 0.15) is 5.54 Å². The zero-order valence-corrected chi connectivity index (χ0v) is 12.5. The van der Waals surface area contributed by atoms with Crippen LogP contribution >= 0.6 is 11.8 Å². The molecule has 0 amide bonds. The van der Waals surface area contributed by atoms with Gasteiger partial charge in [-0.25, -0.2) is 4.99 Å². The van der Waals surface area contributed by atoms with Gasteiger partial charge in [0, 0.05) is 5.69 Å². The van der Waals surface area contributed by atoms with Gasteiger partial charge in [-0.2, -0.15) is 0 Å². The van der Waals surface area contributed by atoms with Crippen molar-refractivity contribution in [3.8, 4) is 12.3 Å². The van der Waals surface area contributed by atoms with Crippen molar-refractivity contribution in [1.29, 1.82) is 0 Å². The third-order valence-corrected chi connectivity index (χ3v) is 3.13. The maximum Gasteiger partial charge on any atom is 0.162 e. The molecule has 0 bridgehead atoms. The zero-order valence-electron chi connectivity index (χ0n) is 11.7. The third-order valence-electron chi connectivity index (χ3n) is 2.55. The first-order valence-electron chi connectivity index (χ1n) is 5.84. The number of rotatable bonds is 2. The molecule has 0 spiro atoms. The summed E-state index contributed by atoms with van der Waals surface area (Å²) in [5, 5.41) is 4.17. The first-order valence-corrected chi connectivity index (χ1v) is 7.06. The number of nitrogens with zero attached hydrogens (tertiary/aromatic N) is 1. The lowest BCUT2D eigenvalue weighted by molar-refractivity contribution is 0.687. The van der Waals surface area contributed by atoms with Crippen molar-refractivity contribution < 1.29 is 0 Å². The quantitative estimate of drug-likeness (QED) is 0.496. The summed E-state index contributed by atoms with van der Waals surface area (Å²) >= 11 is 1.56. The van der Waals surface area contributed by atoms with Crippen LogP contribution in [0.4, 0.5) is 5.69 Å². The SMILES string of the molecule is C#CC(C)(C)N=C(Nc1ccc(C)cc1C)SC. The van der Waals surface area contributed by atoms with Gasteiger partial charge >= 0.3 is 0 Å². The van der Waals surface area contributed by atoms with Crippen LogP contribution in [0.2, 0.25) is 0 Å². The largest absolute Gasteiger partial charge is 0.335 e. The molecule has 0 unspecified atom stereocenters. The molecule has 18 heavy (non-hydrogen) atoms. The lowest BCUT2D eigenvalue weighted by Gasteiger charge is -2.16. The van der Waals surface area contributed by atoms with Crippen LogP contribution < -0.4 is 5.32 Å². The molecule has 0 aliphatic rings. The summed E-state index contributed by atoms with van der Waals surface area (Å²) in [7, 11) is 0. The number of amidine groups is 1. The minimum Gasteiger partial charge on any atom is -0.335 e. The number of aliphatic imine (C=N–C) groups is 1. The second kappa shape index (κ2) is 5.97. The van der Waals surface area contributed by atoms with E-state index in [0.29, 0.717) is 0 Å². The summed E-state index contributed by atoms with van der Waals surface area (Å²) in [6.07, 6.45) is 7.45. The van der Waals surface area contributed by atoms with Crippen molar-refractivity contribution in [2.75, 3.05) is 11.6 Å². The Labute approximate surface area is 114 Å². The van der Waals surface area contributed by atoms with Crippen molar-refractivity contribution in [3.05, 3.63) is 29.3 Å². The van der Waals surface area contributed by atoms with E-state index in [1.165, 1.54) is 11.1 Å². The van der Waals surface area contributed by atoms with Crippen LogP contribution in [0.5, 0.6) is 0 Å². The molecule has 0 fully saturated rings. The molecule has 0 heterocycles. The average Bonchev–Trinajstić information content (AvgIpc) is 2.31. The van der Waals surface area contributed by atoms with E-state index >= 15 is 0 Å². The Morgan fingerprint density at radius 1 is 1.39 bits per heavy atom. The van der Waals surface area contributed by atoms with Gasteiger partial charge in [-0.1, -0.05) is 35.4 Å². The molecule has 0 radical (unpaired) electrons. The summed E-state index contributed by atoms with van der Waals surface area (Å²) in [5.74, 6) is 2.67. The smallest absolute Gasteiger partial charge is 0.162 e. The maximum absolute atomic E-state index is 5.46. The van der Waals surface area contributed by atoms with E-state index in [1.54, 1.807) is 11.8 Å². The molecule has 1 rings (SSSR count). The molecule has 0 atom stereocenters. The minimum atomic E-state index is -0.482. The fourth-order valence-electron chi connectivity index (χ4n) is 1.48. The predicted octanol–water partition coefficient (Wildman–Crippen LogP) is 3.85. The zero-order chi connectivity index (χ0) is 13.8. The van der Waals surface area contributed by atoms with Crippen molar-refractivity contribution in [1.82, 2.24) is 0 Å². The van der Waals surface area contributed by atoms with Crippen LogP contribution in [-0.2, 0) is 0 Å². The fourth-order valence-corrected chi connectivity index (χ4v) is 2.01. The van der Waals surface area contributed by atoms with Gasteiger partial charge in [-0.3, -0.25) is 0 Å². The van der Waals surface area contributed by atoms with Crippen LogP contribution in [0.25, 0.3) is 0 Å². The summed E-state index contributed by atoms with van der Waals surface area (Å²) in [6, 6.07) is 6.30. The molecule has 0 saturated carbocycles. The van der Waals surface area contributed by atoms with E-state index in [1.807, 2.05) is 20.1 Å². The normalized spacial score (nSPS) is 12.1. The number of terminal acetylenes is 1. The third kappa shape index (κ3) is 4.12. The number of benzene rings is 1. The number of thioether (sulfide) groups is 1. The van der Waals surface area contributed by atoms with Gasteiger partial charge < -0.3 is 5.32 Å². The summed E-state index contributed by atoms with van der Waals surface area (Å²) in [6.45, 7) is 8.02. The lowest BCUT2D eigenvalue weighted by atomic mass is 10.1. The molecule has 1 N–H and O–H groups in total. The Kier molecular flexibility index (Phi) is 4.86. The molecule has 96 valence electrons. The number of aryl methyl sites for hydroxylation is 2. The first kappa shape index (κ1) is 14.7. The molecule has 0 aromatic heterocycles. The highest BCUT2D eigenvalue weighted by Gasteiger charge is 2.13. The standard InChI is InChI=1S/C15H20N2S/c1-7-15(4,5)17-14(18-6)16-13-9-8-11(2)10-12(13)3/h1,8-10H,2-6H3,(H,16,17). The van der Waals surface area contributed by atoms with E-state index in [0.717, 1.165) is 10.9 Å². The Bertz CT molecular complexity index is 496. The summed E-state index contributed by atoms with van der Waals surface area (Å²) in [5.41, 5.74) is 3.05. The second-order valence-electron chi connectivity index (χ2n) is 4.77. The first-order chi connectivity index (χ1) is 8.38. The average molecular weight is 260 g/mol. The van der Waals surface area contributed by atoms with Crippen LogP contribution in [0.1, 0.15) is 25.0 Å². The molecule has 0 aliphatic heterocycles. The van der Waals surface area contributed by atoms with Gasteiger partial charge in [0.15, 0.2) is 5.17 Å². The highest BCUT2D eigenvalue weighted by Crippen LogP contribution is 2.19. The van der Waals surface area contributed by atoms with Crippen molar-refractivity contribution in [2.45, 2.75) is 33.2 Å². The van der Waals surface area contributed by atoms with Crippen LogP contribution in [0.15, 0.2) is 23.2 Å². The molecule has 0 aliphatic carbocycles. The number of hydrogen-bond donors (Lipinski definition) is 1. The predicted molar refractivity (Wildman–Crippen MR) is 83.4 cm³/mol. The molecule has 0 saturated heterocycles. The Hall–Kier alpha value is -1.40. The van der Waals surface area contributed by atoms with Crippen molar-refractivity contribution in [3.63, 3.8) is 0 Å². The Morgan fingerprint density at radius 3 is 2.56 bits per heavy atom. The lowest BCUT2D eigenvalue weighted by Crippen LogP contribution is -2.19. The molecule has 1 aromatic rings. The minimum absolute atomic E-state index is 0.482. The highest BCUT2D eigenvalue weighted by atomic mass is 32.2. The van der Waals surface area contributed by atoms with Gasteiger partial charge in [0.25, 0.3) is 0 Å².